The Balaban J connectivity index is 1.86. The number of piperidine rings is 2. The first-order valence-electron chi connectivity index (χ1n) is 6.50. The van der Waals surface area contributed by atoms with Crippen LogP contribution in [0.5, 0.6) is 0 Å². The first-order chi connectivity index (χ1) is 7.81. The SMILES string of the molecule is OC1CCN(C2CCNCC2)CC1CCF. The Kier molecular flexibility index (Phi) is 4.55. The van der Waals surface area contributed by atoms with Crippen molar-refractivity contribution in [3.05, 3.63) is 0 Å². The molecule has 0 radical (unpaired) electrons. The zero-order valence-electron chi connectivity index (χ0n) is 9.87. The average molecular weight is 230 g/mol. The highest BCUT2D eigenvalue weighted by molar-refractivity contribution is 4.86. The van der Waals surface area contributed by atoms with Crippen LogP contribution in [-0.4, -0.2) is 55.0 Å². The molecule has 4 heteroatoms. The quantitative estimate of drug-likeness (QED) is 0.752. The van der Waals surface area contributed by atoms with Crippen LogP contribution in [0.2, 0.25) is 0 Å². The fraction of sp³-hybridized carbons (Fsp3) is 1.00. The number of alkyl halides is 1. The lowest BCUT2D eigenvalue weighted by Gasteiger charge is -2.42. The van der Waals surface area contributed by atoms with E-state index in [1.165, 1.54) is 12.8 Å². The number of hydrogen-bond donors (Lipinski definition) is 2. The summed E-state index contributed by atoms with van der Waals surface area (Å²) in [5.74, 6) is 0.147. The monoisotopic (exact) mass is 230 g/mol. The maximum atomic E-state index is 12.4. The molecule has 94 valence electrons. The van der Waals surface area contributed by atoms with Crippen LogP contribution >= 0.6 is 0 Å². The van der Waals surface area contributed by atoms with Gasteiger partial charge in [0.25, 0.3) is 0 Å². The molecule has 2 aliphatic heterocycles. The standard InChI is InChI=1S/C12H23FN2O/c13-5-1-10-9-15(8-4-12(10)16)11-2-6-14-7-3-11/h10-12,14,16H,1-9H2. The summed E-state index contributed by atoms with van der Waals surface area (Å²) in [4.78, 5) is 2.47. The molecule has 2 N–H and O–H groups in total. The van der Waals surface area contributed by atoms with Gasteiger partial charge in [0.2, 0.25) is 0 Å². The third-order valence-corrected chi connectivity index (χ3v) is 4.03. The minimum Gasteiger partial charge on any atom is -0.393 e. The Morgan fingerprint density at radius 3 is 2.69 bits per heavy atom. The molecule has 0 aromatic rings. The molecule has 2 fully saturated rings. The van der Waals surface area contributed by atoms with Gasteiger partial charge in [0.1, 0.15) is 0 Å². The maximum Gasteiger partial charge on any atom is 0.0898 e. The molecule has 2 saturated heterocycles. The van der Waals surface area contributed by atoms with E-state index >= 15 is 0 Å². The van der Waals surface area contributed by atoms with Gasteiger partial charge >= 0.3 is 0 Å². The van der Waals surface area contributed by atoms with Crippen LogP contribution in [0.25, 0.3) is 0 Å². The first kappa shape index (κ1) is 12.3. The normalized spacial score (nSPS) is 34.1. The molecule has 0 aromatic carbocycles. The van der Waals surface area contributed by atoms with Gasteiger partial charge in [-0.3, -0.25) is 9.29 Å². The summed E-state index contributed by atoms with van der Waals surface area (Å²) in [5.41, 5.74) is 0. The van der Waals surface area contributed by atoms with Crippen molar-refractivity contribution in [1.29, 1.82) is 0 Å². The van der Waals surface area contributed by atoms with Crippen LogP contribution < -0.4 is 5.32 Å². The van der Waals surface area contributed by atoms with Gasteiger partial charge in [-0.25, -0.2) is 0 Å². The van der Waals surface area contributed by atoms with Crippen molar-refractivity contribution in [1.82, 2.24) is 10.2 Å². The number of aliphatic hydroxyl groups is 1. The van der Waals surface area contributed by atoms with Crippen molar-refractivity contribution in [2.24, 2.45) is 5.92 Å². The molecule has 0 spiro atoms. The second-order valence-electron chi connectivity index (χ2n) is 5.07. The summed E-state index contributed by atoms with van der Waals surface area (Å²) >= 11 is 0. The van der Waals surface area contributed by atoms with Crippen LogP contribution in [0.1, 0.15) is 25.7 Å². The van der Waals surface area contributed by atoms with Crippen LogP contribution in [-0.2, 0) is 0 Å². The van der Waals surface area contributed by atoms with Crippen molar-refractivity contribution < 1.29 is 9.50 Å². The van der Waals surface area contributed by atoms with E-state index in [1.807, 2.05) is 0 Å². The number of nitrogens with one attached hydrogen (secondary N) is 1. The molecule has 2 aliphatic rings. The van der Waals surface area contributed by atoms with Crippen LogP contribution in [0.4, 0.5) is 4.39 Å². The number of hydrogen-bond acceptors (Lipinski definition) is 3. The van der Waals surface area contributed by atoms with E-state index in [2.05, 4.69) is 10.2 Å². The lowest BCUT2D eigenvalue weighted by atomic mass is 9.90. The number of nitrogens with zero attached hydrogens (tertiary/aromatic N) is 1. The van der Waals surface area contributed by atoms with Crippen molar-refractivity contribution in [3.8, 4) is 0 Å². The number of likely N-dealkylation sites (tertiary alicyclic amines) is 1. The first-order valence-corrected chi connectivity index (χ1v) is 6.50. The fourth-order valence-corrected chi connectivity index (χ4v) is 2.98. The molecule has 3 nitrogen and oxygen atoms in total. The minimum atomic E-state index is -0.304. The van der Waals surface area contributed by atoms with E-state index in [4.69, 9.17) is 0 Å². The Labute approximate surface area is 97.0 Å². The number of rotatable bonds is 3. The molecule has 0 saturated carbocycles. The van der Waals surface area contributed by atoms with E-state index in [1.54, 1.807) is 0 Å². The average Bonchev–Trinajstić information content (AvgIpc) is 2.33. The largest absolute Gasteiger partial charge is 0.393 e. The van der Waals surface area contributed by atoms with Crippen molar-refractivity contribution >= 4 is 0 Å². The summed E-state index contributed by atoms with van der Waals surface area (Å²) in [5, 5.41) is 13.2. The van der Waals surface area contributed by atoms with E-state index in [9.17, 15) is 9.50 Å². The molecule has 2 rings (SSSR count). The molecule has 0 bridgehead atoms. The van der Waals surface area contributed by atoms with Gasteiger partial charge < -0.3 is 10.4 Å². The lowest BCUT2D eigenvalue weighted by Crippen LogP contribution is -2.50. The van der Waals surface area contributed by atoms with Crippen LogP contribution in [0.3, 0.4) is 0 Å². The van der Waals surface area contributed by atoms with Gasteiger partial charge in [-0.1, -0.05) is 0 Å². The zero-order valence-corrected chi connectivity index (χ0v) is 9.87. The van der Waals surface area contributed by atoms with Gasteiger partial charge in [-0.2, -0.15) is 0 Å². The molecule has 2 heterocycles. The van der Waals surface area contributed by atoms with Gasteiger partial charge in [0.05, 0.1) is 12.8 Å². The predicted molar refractivity (Wildman–Crippen MR) is 62.2 cm³/mol. The predicted octanol–water partition coefficient (Wildman–Crippen LogP) is 0.781. The summed E-state index contributed by atoms with van der Waals surface area (Å²) in [7, 11) is 0. The van der Waals surface area contributed by atoms with Crippen molar-refractivity contribution in [3.63, 3.8) is 0 Å². The van der Waals surface area contributed by atoms with E-state index in [0.717, 1.165) is 32.6 Å². The molecule has 16 heavy (non-hydrogen) atoms. The van der Waals surface area contributed by atoms with E-state index < -0.39 is 0 Å². The van der Waals surface area contributed by atoms with Crippen LogP contribution in [0, 0.1) is 5.92 Å². The Morgan fingerprint density at radius 2 is 2.00 bits per heavy atom. The molecular formula is C12H23FN2O. The van der Waals surface area contributed by atoms with E-state index in [-0.39, 0.29) is 18.7 Å². The second kappa shape index (κ2) is 5.94. The summed E-state index contributed by atoms with van der Waals surface area (Å²) in [6, 6.07) is 0.649. The van der Waals surface area contributed by atoms with E-state index in [0.29, 0.717) is 12.5 Å². The van der Waals surface area contributed by atoms with Gasteiger partial charge in [-0.15, -0.1) is 0 Å². The highest BCUT2D eigenvalue weighted by atomic mass is 19.1. The molecule has 2 atom stereocenters. The van der Waals surface area contributed by atoms with Crippen molar-refractivity contribution in [2.75, 3.05) is 32.9 Å². The molecular weight excluding hydrogens is 207 g/mol. The molecule has 0 aromatic heterocycles. The molecule has 2 unspecified atom stereocenters. The Hall–Kier alpha value is -0.190. The molecule has 0 aliphatic carbocycles. The van der Waals surface area contributed by atoms with Gasteiger partial charge in [0, 0.05) is 25.0 Å². The lowest BCUT2D eigenvalue weighted by molar-refractivity contribution is -0.00127. The molecule has 0 amide bonds. The number of aliphatic hydroxyl groups excluding tert-OH is 1. The summed E-state index contributed by atoms with van der Waals surface area (Å²) in [6.07, 6.45) is 3.43. The fourth-order valence-electron chi connectivity index (χ4n) is 2.98. The Morgan fingerprint density at radius 1 is 1.25 bits per heavy atom. The summed E-state index contributed by atoms with van der Waals surface area (Å²) < 4.78 is 12.4. The number of halogens is 1. The Bertz CT molecular complexity index is 209. The third kappa shape index (κ3) is 2.93. The van der Waals surface area contributed by atoms with Gasteiger partial charge in [-0.05, 0) is 38.8 Å². The van der Waals surface area contributed by atoms with Crippen LogP contribution in [0.15, 0.2) is 0 Å². The van der Waals surface area contributed by atoms with Gasteiger partial charge in [0.15, 0.2) is 0 Å². The second-order valence-corrected chi connectivity index (χ2v) is 5.07. The highest BCUT2D eigenvalue weighted by Gasteiger charge is 2.31. The minimum absolute atomic E-state index is 0.147. The maximum absolute atomic E-state index is 12.4. The third-order valence-electron chi connectivity index (χ3n) is 4.03. The summed E-state index contributed by atoms with van der Waals surface area (Å²) in [6.45, 7) is 3.75. The smallest absolute Gasteiger partial charge is 0.0898 e. The topological polar surface area (TPSA) is 35.5 Å². The zero-order chi connectivity index (χ0) is 11.4. The van der Waals surface area contributed by atoms with Crippen molar-refractivity contribution in [2.45, 2.75) is 37.8 Å². The highest BCUT2D eigenvalue weighted by Crippen LogP contribution is 2.24.